The van der Waals surface area contributed by atoms with Crippen LogP contribution in [0.1, 0.15) is 18.5 Å². The van der Waals surface area contributed by atoms with E-state index < -0.39 is 0 Å². The van der Waals surface area contributed by atoms with Crippen molar-refractivity contribution in [2.75, 3.05) is 51.3 Å². The zero-order valence-electron chi connectivity index (χ0n) is 24.1. The minimum atomic E-state index is 0.679. The average Bonchev–Trinajstić information content (AvgIpc) is 3.65. The maximum atomic E-state index is 6.20. The Balaban J connectivity index is 1.00. The molecule has 2 aliphatic heterocycles. The summed E-state index contributed by atoms with van der Waals surface area (Å²) in [6.45, 7) is 6.75. The van der Waals surface area contributed by atoms with E-state index in [1.165, 1.54) is 16.9 Å². The Labute approximate surface area is 246 Å². The molecule has 8 nitrogen and oxygen atoms in total. The molecule has 0 unspecified atom stereocenters. The summed E-state index contributed by atoms with van der Waals surface area (Å²) in [6, 6.07) is 22.7. The highest BCUT2D eigenvalue weighted by molar-refractivity contribution is 5.99. The minimum Gasteiger partial charge on any atom is -0.495 e. The van der Waals surface area contributed by atoms with Gasteiger partial charge in [0.25, 0.3) is 0 Å². The smallest absolute Gasteiger partial charge is 0.142 e. The Morgan fingerprint density at radius 2 is 1.74 bits per heavy atom. The van der Waals surface area contributed by atoms with Crippen LogP contribution < -0.4 is 14.4 Å². The molecule has 7 rings (SSSR count). The summed E-state index contributed by atoms with van der Waals surface area (Å²) in [5.74, 6) is 1.80. The van der Waals surface area contributed by atoms with E-state index in [4.69, 9.17) is 19.6 Å². The Morgan fingerprint density at radius 3 is 2.60 bits per heavy atom. The van der Waals surface area contributed by atoms with Gasteiger partial charge in [0.2, 0.25) is 0 Å². The molecular formula is C34H36N6O2. The Hall–Kier alpha value is -4.43. The van der Waals surface area contributed by atoms with Gasteiger partial charge in [-0.2, -0.15) is 5.10 Å². The van der Waals surface area contributed by atoms with Crippen molar-refractivity contribution >= 4 is 16.6 Å². The molecule has 0 radical (unpaired) electrons. The number of aromatic nitrogens is 4. The molecule has 214 valence electrons. The third-order valence-corrected chi connectivity index (χ3v) is 8.42. The van der Waals surface area contributed by atoms with E-state index in [9.17, 15) is 0 Å². The van der Waals surface area contributed by atoms with Crippen LogP contribution in [0.4, 0.5) is 5.69 Å². The first-order valence-electron chi connectivity index (χ1n) is 14.9. The number of piperazine rings is 1. The maximum absolute atomic E-state index is 6.20. The molecule has 0 atom stereocenters. The highest BCUT2D eigenvalue weighted by Crippen LogP contribution is 2.40. The lowest BCUT2D eigenvalue weighted by Crippen LogP contribution is -2.46. The number of hydrogen-bond donors (Lipinski definition) is 0. The van der Waals surface area contributed by atoms with E-state index in [1.54, 1.807) is 7.11 Å². The van der Waals surface area contributed by atoms with E-state index in [-0.39, 0.29) is 0 Å². The molecule has 3 aromatic heterocycles. The molecule has 0 amide bonds. The summed E-state index contributed by atoms with van der Waals surface area (Å²) >= 11 is 0. The van der Waals surface area contributed by atoms with Crippen LogP contribution >= 0.6 is 0 Å². The Kier molecular flexibility index (Phi) is 7.45. The Bertz CT molecular complexity index is 1680. The number of benzene rings is 2. The molecule has 8 heteroatoms. The van der Waals surface area contributed by atoms with Gasteiger partial charge in [-0.15, -0.1) is 0 Å². The van der Waals surface area contributed by atoms with Crippen molar-refractivity contribution in [3.05, 3.63) is 84.8 Å². The molecule has 5 heterocycles. The topological polar surface area (TPSA) is 68.5 Å². The van der Waals surface area contributed by atoms with Gasteiger partial charge in [-0.3, -0.25) is 19.5 Å². The van der Waals surface area contributed by atoms with Gasteiger partial charge in [-0.1, -0.05) is 18.2 Å². The quantitative estimate of drug-likeness (QED) is 0.214. The first kappa shape index (κ1) is 26.5. The third kappa shape index (κ3) is 5.18. The first-order chi connectivity index (χ1) is 20.8. The summed E-state index contributed by atoms with van der Waals surface area (Å²) in [4.78, 5) is 14.3. The molecule has 1 saturated heterocycles. The van der Waals surface area contributed by atoms with Crippen LogP contribution in [0, 0.1) is 0 Å². The number of nitrogens with zero attached hydrogens (tertiary/aromatic N) is 6. The number of pyridine rings is 2. The number of para-hydroxylation sites is 2. The molecule has 2 aromatic carbocycles. The van der Waals surface area contributed by atoms with Gasteiger partial charge in [0.1, 0.15) is 17.2 Å². The van der Waals surface area contributed by atoms with Crippen molar-refractivity contribution in [1.29, 1.82) is 0 Å². The van der Waals surface area contributed by atoms with Crippen molar-refractivity contribution in [1.82, 2.24) is 24.6 Å². The summed E-state index contributed by atoms with van der Waals surface area (Å²) in [5.41, 5.74) is 7.58. The van der Waals surface area contributed by atoms with Gasteiger partial charge in [0.05, 0.1) is 30.6 Å². The monoisotopic (exact) mass is 560 g/mol. The lowest BCUT2D eigenvalue weighted by atomic mass is 9.96. The van der Waals surface area contributed by atoms with Crippen LogP contribution in [0.5, 0.6) is 11.5 Å². The first-order valence-corrected chi connectivity index (χ1v) is 14.9. The van der Waals surface area contributed by atoms with Crippen molar-refractivity contribution in [3.8, 4) is 34.0 Å². The second-order valence-corrected chi connectivity index (χ2v) is 11.0. The number of hydrogen-bond acceptors (Lipinski definition) is 7. The summed E-state index contributed by atoms with van der Waals surface area (Å²) in [6.07, 6.45) is 6.86. The molecule has 0 aliphatic carbocycles. The summed E-state index contributed by atoms with van der Waals surface area (Å²) in [5, 5.41) is 6.08. The molecule has 1 fully saturated rings. The van der Waals surface area contributed by atoms with Crippen LogP contribution in [0.2, 0.25) is 0 Å². The van der Waals surface area contributed by atoms with Crippen molar-refractivity contribution in [2.24, 2.45) is 0 Å². The molecule has 0 bridgehead atoms. The molecule has 42 heavy (non-hydrogen) atoms. The van der Waals surface area contributed by atoms with E-state index in [0.717, 1.165) is 97.9 Å². The summed E-state index contributed by atoms with van der Waals surface area (Å²) in [7, 11) is 1.74. The maximum Gasteiger partial charge on any atom is 0.142 e. The van der Waals surface area contributed by atoms with Crippen molar-refractivity contribution < 1.29 is 9.47 Å². The predicted molar refractivity (Wildman–Crippen MR) is 166 cm³/mol. The van der Waals surface area contributed by atoms with Crippen molar-refractivity contribution in [2.45, 2.75) is 25.8 Å². The molecule has 5 aromatic rings. The average molecular weight is 561 g/mol. The number of anilines is 1. The highest BCUT2D eigenvalue weighted by Gasteiger charge is 2.25. The standard InChI is InChI=1S/C34H36N6O2/c1-41-32-11-3-2-9-30(32)39-21-19-38(20-22-39)17-7-23-42-25-12-13-26-27(14-16-36-29(26)24-25)33-31-10-6-18-40(31)37-34(33)28-8-4-5-15-35-28/h2-5,8-9,11-16,24H,6-7,10,17-23H2,1H3. The van der Waals surface area contributed by atoms with Gasteiger partial charge < -0.3 is 14.4 Å². The highest BCUT2D eigenvalue weighted by atomic mass is 16.5. The van der Waals surface area contributed by atoms with Crippen LogP contribution in [-0.4, -0.2) is 71.1 Å². The zero-order valence-corrected chi connectivity index (χ0v) is 24.1. The number of aryl methyl sites for hydroxylation is 1. The number of rotatable bonds is 9. The second-order valence-electron chi connectivity index (χ2n) is 11.0. The second kappa shape index (κ2) is 11.8. The number of methoxy groups -OCH3 is 1. The number of fused-ring (bicyclic) bond motifs is 2. The van der Waals surface area contributed by atoms with Gasteiger partial charge in [0, 0.05) is 74.4 Å². The number of ether oxygens (including phenoxy) is 2. The predicted octanol–water partition coefficient (Wildman–Crippen LogP) is 5.71. The van der Waals surface area contributed by atoms with Crippen LogP contribution in [-0.2, 0) is 13.0 Å². The van der Waals surface area contributed by atoms with Crippen LogP contribution in [0.3, 0.4) is 0 Å². The normalized spacial score (nSPS) is 15.2. The SMILES string of the molecule is COc1ccccc1N1CCN(CCCOc2ccc3c(-c4c(-c5ccccn5)nn5c4CCC5)ccnc3c2)CC1. The van der Waals surface area contributed by atoms with Crippen LogP contribution in [0.15, 0.2) is 79.1 Å². The lowest BCUT2D eigenvalue weighted by molar-refractivity contribution is 0.224. The Morgan fingerprint density at radius 1 is 0.857 bits per heavy atom. The molecule has 0 spiro atoms. The molecule has 0 saturated carbocycles. The minimum absolute atomic E-state index is 0.679. The zero-order chi connectivity index (χ0) is 28.3. The third-order valence-electron chi connectivity index (χ3n) is 8.42. The van der Waals surface area contributed by atoms with E-state index in [2.05, 4.69) is 55.9 Å². The molecule has 2 aliphatic rings. The van der Waals surface area contributed by atoms with E-state index >= 15 is 0 Å². The van der Waals surface area contributed by atoms with E-state index in [0.29, 0.717) is 6.61 Å². The van der Waals surface area contributed by atoms with Crippen molar-refractivity contribution in [3.63, 3.8) is 0 Å². The lowest BCUT2D eigenvalue weighted by Gasteiger charge is -2.36. The molecular weight excluding hydrogens is 524 g/mol. The largest absolute Gasteiger partial charge is 0.495 e. The van der Waals surface area contributed by atoms with Gasteiger partial charge >= 0.3 is 0 Å². The fourth-order valence-corrected chi connectivity index (χ4v) is 6.31. The fraction of sp³-hybridized carbons (Fsp3) is 0.324. The van der Waals surface area contributed by atoms with Gasteiger partial charge in [0.15, 0.2) is 0 Å². The van der Waals surface area contributed by atoms with E-state index in [1.807, 2.05) is 42.7 Å². The summed E-state index contributed by atoms with van der Waals surface area (Å²) < 4.78 is 13.9. The fourth-order valence-electron chi connectivity index (χ4n) is 6.31. The van der Waals surface area contributed by atoms with Crippen LogP contribution in [0.25, 0.3) is 33.4 Å². The van der Waals surface area contributed by atoms with Gasteiger partial charge in [-0.05, 0) is 67.3 Å². The van der Waals surface area contributed by atoms with Gasteiger partial charge in [-0.25, -0.2) is 0 Å². The molecule has 0 N–H and O–H groups in total.